The number of rotatable bonds is 3. The van der Waals surface area contributed by atoms with Crippen molar-refractivity contribution in [1.82, 2.24) is 9.97 Å². The summed E-state index contributed by atoms with van der Waals surface area (Å²) in [6.45, 7) is 0.243. The van der Waals surface area contributed by atoms with Gasteiger partial charge in [0.05, 0.1) is 0 Å². The molecule has 0 saturated heterocycles. The van der Waals surface area contributed by atoms with Crippen LogP contribution in [0, 0.1) is 19.0 Å². The molecule has 0 unspecified atom stereocenters. The number of benzene rings is 3. The van der Waals surface area contributed by atoms with Crippen molar-refractivity contribution in [3.8, 4) is 33.6 Å². The van der Waals surface area contributed by atoms with Gasteiger partial charge in [-0.05, 0) is 35.5 Å². The van der Waals surface area contributed by atoms with Crippen molar-refractivity contribution in [3.63, 3.8) is 0 Å². The number of pyridine rings is 2. The maximum atomic E-state index is 7.76. The van der Waals surface area contributed by atoms with Gasteiger partial charge < -0.3 is 9.97 Å². The summed E-state index contributed by atoms with van der Waals surface area (Å²) in [5, 5.41) is 0. The summed E-state index contributed by atoms with van der Waals surface area (Å²) in [5.41, 5.74) is 6.95. The fourth-order valence-electron chi connectivity index (χ4n) is 3.15. The molecule has 0 aliphatic rings. The summed E-state index contributed by atoms with van der Waals surface area (Å²) in [6.07, 6.45) is 3.64. The van der Waals surface area contributed by atoms with E-state index in [9.17, 15) is 0 Å². The molecule has 0 saturated carbocycles. The van der Waals surface area contributed by atoms with E-state index in [4.69, 9.17) is 1.37 Å². The third kappa shape index (κ3) is 6.07. The zero-order valence-corrected chi connectivity index (χ0v) is 19.8. The van der Waals surface area contributed by atoms with Gasteiger partial charge in [-0.1, -0.05) is 48.5 Å². The summed E-state index contributed by atoms with van der Waals surface area (Å²) in [4.78, 5) is 8.74. The van der Waals surface area contributed by atoms with E-state index < -0.39 is 0 Å². The molecule has 2 nitrogen and oxygen atoms in total. The van der Waals surface area contributed by atoms with Crippen LogP contribution in [0.2, 0.25) is 0 Å². The number of hydrogen-bond donors (Lipinski definition) is 0. The smallest absolute Gasteiger partial charge is 0.0280 e. The van der Waals surface area contributed by atoms with Crippen LogP contribution < -0.4 is 0 Å². The van der Waals surface area contributed by atoms with Crippen LogP contribution in [0.25, 0.3) is 33.6 Å². The van der Waals surface area contributed by atoms with Gasteiger partial charge in [0, 0.05) is 39.4 Å². The van der Waals surface area contributed by atoms with Crippen molar-refractivity contribution in [2.24, 2.45) is 0 Å². The second-order valence-corrected chi connectivity index (χ2v) is 6.86. The van der Waals surface area contributed by atoms with Gasteiger partial charge >= 0.3 is 0 Å². The predicted octanol–water partition coefficient (Wildman–Crippen LogP) is 7.07. The SMILES string of the molecule is [2H]Cc1cc(-c2[c-]cccc2)ncc1-c1ccccc1.[Ir].[c-]1ccccc1-c1ccccn1. The van der Waals surface area contributed by atoms with Crippen LogP contribution in [-0.2, 0) is 20.1 Å². The molecule has 159 valence electrons. The molecule has 2 aromatic heterocycles. The first-order chi connectivity index (χ1) is 15.8. The molecule has 0 spiro atoms. The van der Waals surface area contributed by atoms with Crippen molar-refractivity contribution < 1.29 is 21.5 Å². The van der Waals surface area contributed by atoms with E-state index >= 15 is 0 Å². The summed E-state index contributed by atoms with van der Waals surface area (Å²) >= 11 is 0. The molecule has 0 N–H and O–H groups in total. The van der Waals surface area contributed by atoms with Gasteiger partial charge in [0.1, 0.15) is 0 Å². The molecule has 0 atom stereocenters. The molecular weight excluding hydrogens is 569 g/mol. The molecule has 5 aromatic rings. The molecule has 3 aromatic carbocycles. The van der Waals surface area contributed by atoms with Crippen molar-refractivity contribution in [1.29, 1.82) is 0 Å². The van der Waals surface area contributed by atoms with E-state index in [1.54, 1.807) is 6.20 Å². The van der Waals surface area contributed by atoms with Crippen LogP contribution in [0.1, 0.15) is 6.93 Å². The molecular formula is C29H22IrN2-2. The largest absolute Gasteiger partial charge is 0.305 e. The molecule has 0 amide bonds. The van der Waals surface area contributed by atoms with Crippen LogP contribution in [-0.4, -0.2) is 9.97 Å². The molecule has 32 heavy (non-hydrogen) atoms. The maximum Gasteiger partial charge on any atom is 0.0280 e. The average Bonchev–Trinajstić information content (AvgIpc) is 2.91. The Bertz CT molecular complexity index is 1190. The first-order valence-electron chi connectivity index (χ1n) is 10.7. The second-order valence-electron chi connectivity index (χ2n) is 6.86. The summed E-state index contributed by atoms with van der Waals surface area (Å²) in [7, 11) is 0. The Morgan fingerprint density at radius 3 is 1.94 bits per heavy atom. The Labute approximate surface area is 204 Å². The predicted molar refractivity (Wildman–Crippen MR) is 127 cm³/mol. The molecule has 1 radical (unpaired) electrons. The Balaban J connectivity index is 0.000000202. The van der Waals surface area contributed by atoms with Gasteiger partial charge in [0.25, 0.3) is 0 Å². The van der Waals surface area contributed by atoms with E-state index in [2.05, 4.69) is 22.1 Å². The third-order valence-corrected chi connectivity index (χ3v) is 4.71. The topological polar surface area (TPSA) is 25.8 Å². The standard InChI is InChI=1S/C18H14N.C11H8N.Ir/c1-14-12-18(16-10-6-3-7-11-16)19-13-17(14)15-8-4-2-5-9-15;1-2-6-10(7-3-1)11-8-4-5-9-12-11;/h2-10,12-13H,1H3;1-6,8-9H;/q2*-1;/i1D;;. The van der Waals surface area contributed by atoms with Gasteiger partial charge in [-0.2, -0.15) is 0 Å². The van der Waals surface area contributed by atoms with Crippen molar-refractivity contribution >= 4 is 0 Å². The molecule has 0 aliphatic heterocycles. The van der Waals surface area contributed by atoms with Crippen LogP contribution in [0.4, 0.5) is 0 Å². The number of hydrogen-bond acceptors (Lipinski definition) is 2. The van der Waals surface area contributed by atoms with Crippen LogP contribution >= 0.6 is 0 Å². The van der Waals surface area contributed by atoms with Crippen molar-refractivity contribution in [2.45, 2.75) is 6.90 Å². The van der Waals surface area contributed by atoms with Gasteiger partial charge in [-0.3, -0.25) is 0 Å². The van der Waals surface area contributed by atoms with E-state index in [1.807, 2.05) is 109 Å². The molecule has 0 bridgehead atoms. The molecule has 0 aliphatic carbocycles. The van der Waals surface area contributed by atoms with E-state index in [0.29, 0.717) is 0 Å². The van der Waals surface area contributed by atoms with Gasteiger partial charge in [-0.15, -0.1) is 71.8 Å². The Hall–Kier alpha value is -3.39. The molecule has 2 heterocycles. The van der Waals surface area contributed by atoms with Crippen molar-refractivity contribution in [2.75, 3.05) is 0 Å². The molecule has 0 fully saturated rings. The first-order valence-corrected chi connectivity index (χ1v) is 10.0. The average molecular weight is 592 g/mol. The Kier molecular flexibility index (Phi) is 8.09. The summed E-state index contributed by atoms with van der Waals surface area (Å²) in [6, 6.07) is 39.8. The third-order valence-electron chi connectivity index (χ3n) is 4.71. The number of nitrogens with zero attached hydrogens (tertiary/aromatic N) is 2. The van der Waals surface area contributed by atoms with Crippen molar-refractivity contribution in [3.05, 3.63) is 133 Å². The Morgan fingerprint density at radius 2 is 1.34 bits per heavy atom. The zero-order chi connectivity index (χ0) is 22.0. The second kappa shape index (κ2) is 11.9. The first kappa shape index (κ1) is 21.8. The Morgan fingerprint density at radius 1 is 0.688 bits per heavy atom. The minimum atomic E-state index is 0. The van der Waals surface area contributed by atoms with E-state index in [-0.39, 0.29) is 27.0 Å². The number of aromatic nitrogens is 2. The van der Waals surface area contributed by atoms with Crippen LogP contribution in [0.5, 0.6) is 0 Å². The van der Waals surface area contributed by atoms with E-state index in [1.165, 1.54) is 0 Å². The van der Waals surface area contributed by atoms with Gasteiger partial charge in [0.15, 0.2) is 0 Å². The normalized spacial score (nSPS) is 10.2. The zero-order valence-electron chi connectivity index (χ0n) is 18.4. The van der Waals surface area contributed by atoms with Gasteiger partial charge in [-0.25, -0.2) is 0 Å². The molecule has 5 rings (SSSR count). The van der Waals surface area contributed by atoms with E-state index in [0.717, 1.165) is 39.2 Å². The monoisotopic (exact) mass is 592 g/mol. The maximum absolute atomic E-state index is 7.76. The van der Waals surface area contributed by atoms with Gasteiger partial charge in [0.2, 0.25) is 0 Å². The summed E-state index contributed by atoms with van der Waals surface area (Å²) < 4.78 is 7.76. The minimum Gasteiger partial charge on any atom is -0.305 e. The quantitative estimate of drug-likeness (QED) is 0.210. The fourth-order valence-corrected chi connectivity index (χ4v) is 3.15. The number of aryl methyl sites for hydroxylation is 1. The molecule has 3 heteroatoms. The summed E-state index contributed by atoms with van der Waals surface area (Å²) in [5.74, 6) is 0. The fraction of sp³-hybridized carbons (Fsp3) is 0.0345. The van der Waals surface area contributed by atoms with Crippen LogP contribution in [0.15, 0.2) is 116 Å². The van der Waals surface area contributed by atoms with Crippen LogP contribution in [0.3, 0.4) is 0 Å². The minimum absolute atomic E-state index is 0.